The molecule has 0 radical (unpaired) electrons. The summed E-state index contributed by atoms with van der Waals surface area (Å²) in [5.41, 5.74) is 3.31. The lowest BCUT2D eigenvalue weighted by molar-refractivity contribution is 0.0600. The van der Waals surface area contributed by atoms with E-state index in [4.69, 9.17) is 16.3 Å². The molecule has 0 unspecified atom stereocenters. The Hall–Kier alpha value is -2.79. The van der Waals surface area contributed by atoms with Gasteiger partial charge in [0.2, 0.25) is 0 Å². The summed E-state index contributed by atoms with van der Waals surface area (Å²) in [4.78, 5) is 24.6. The highest BCUT2D eigenvalue weighted by Gasteiger charge is 2.20. The Kier molecular flexibility index (Phi) is 5.00. The Bertz CT molecular complexity index is 1010. The van der Waals surface area contributed by atoms with Crippen LogP contribution in [0.3, 0.4) is 0 Å². The van der Waals surface area contributed by atoms with Crippen LogP contribution in [0.2, 0.25) is 5.02 Å². The first-order valence-electron chi connectivity index (χ1n) is 8.24. The van der Waals surface area contributed by atoms with Gasteiger partial charge in [0.15, 0.2) is 0 Å². The van der Waals surface area contributed by atoms with Crippen molar-refractivity contribution in [2.24, 2.45) is 0 Å². The number of esters is 1. The molecule has 1 aromatic heterocycles. The number of fused-ring (bicyclic) bond motifs is 1. The average molecular weight is 371 g/mol. The van der Waals surface area contributed by atoms with Crippen molar-refractivity contribution >= 4 is 40.1 Å². The van der Waals surface area contributed by atoms with Gasteiger partial charge in [-0.3, -0.25) is 4.79 Å². The van der Waals surface area contributed by atoms with Gasteiger partial charge < -0.3 is 14.6 Å². The lowest BCUT2D eigenvalue weighted by atomic mass is 10.1. The Morgan fingerprint density at radius 2 is 1.96 bits per heavy atom. The van der Waals surface area contributed by atoms with Gasteiger partial charge in [-0.05, 0) is 55.8 Å². The fraction of sp³-hybridized carbons (Fsp3) is 0.200. The number of hydrogen-bond donors (Lipinski definition) is 1. The van der Waals surface area contributed by atoms with Crippen LogP contribution in [0.25, 0.3) is 10.9 Å². The predicted molar refractivity (Wildman–Crippen MR) is 103 cm³/mol. The van der Waals surface area contributed by atoms with Crippen LogP contribution in [-0.4, -0.2) is 23.6 Å². The van der Waals surface area contributed by atoms with Gasteiger partial charge in [0.25, 0.3) is 5.91 Å². The first-order valence-corrected chi connectivity index (χ1v) is 8.62. The molecule has 2 aromatic carbocycles. The number of nitrogens with one attached hydrogen (secondary N) is 1. The van der Waals surface area contributed by atoms with E-state index in [0.717, 1.165) is 16.5 Å². The van der Waals surface area contributed by atoms with Gasteiger partial charge >= 0.3 is 5.97 Å². The number of rotatable bonds is 4. The second kappa shape index (κ2) is 7.22. The van der Waals surface area contributed by atoms with E-state index in [2.05, 4.69) is 5.32 Å². The highest BCUT2D eigenvalue weighted by molar-refractivity contribution is 6.31. The molecule has 0 fully saturated rings. The molecule has 1 heterocycles. The van der Waals surface area contributed by atoms with Crippen LogP contribution in [-0.2, 0) is 11.3 Å². The lowest BCUT2D eigenvalue weighted by Crippen LogP contribution is -2.18. The molecule has 3 rings (SSSR count). The van der Waals surface area contributed by atoms with Crippen molar-refractivity contribution in [3.05, 3.63) is 64.3 Å². The summed E-state index contributed by atoms with van der Waals surface area (Å²) in [6, 6.07) is 12.3. The number of aromatic nitrogens is 1. The Morgan fingerprint density at radius 1 is 1.19 bits per heavy atom. The maximum Gasteiger partial charge on any atom is 0.337 e. The van der Waals surface area contributed by atoms with Crippen molar-refractivity contribution in [1.29, 1.82) is 0 Å². The van der Waals surface area contributed by atoms with Gasteiger partial charge in [-0.1, -0.05) is 17.7 Å². The standard InChI is InChI=1S/C20H19ClN2O3/c1-4-23-17-9-8-14(21)11-16(17)12(2)18(23)19(24)22-15-7-5-6-13(10-15)20(25)26-3/h5-11H,4H2,1-3H3,(H,22,24). The summed E-state index contributed by atoms with van der Waals surface area (Å²) < 4.78 is 6.68. The quantitative estimate of drug-likeness (QED) is 0.679. The third kappa shape index (κ3) is 3.18. The SMILES string of the molecule is CCn1c(C(=O)Nc2cccc(C(=O)OC)c2)c(C)c2cc(Cl)ccc21. The minimum absolute atomic E-state index is 0.237. The number of halogens is 1. The minimum Gasteiger partial charge on any atom is -0.465 e. The molecule has 5 nitrogen and oxygen atoms in total. The minimum atomic E-state index is -0.449. The van der Waals surface area contributed by atoms with E-state index in [-0.39, 0.29) is 5.91 Å². The van der Waals surface area contributed by atoms with Crippen molar-refractivity contribution in [3.8, 4) is 0 Å². The maximum atomic E-state index is 12.9. The molecule has 26 heavy (non-hydrogen) atoms. The van der Waals surface area contributed by atoms with E-state index in [1.165, 1.54) is 7.11 Å². The number of carbonyl (C=O) groups is 2. The van der Waals surface area contributed by atoms with Gasteiger partial charge in [-0.25, -0.2) is 4.79 Å². The molecular weight excluding hydrogens is 352 g/mol. The summed E-state index contributed by atoms with van der Waals surface area (Å²) in [5.74, 6) is -0.687. The molecule has 6 heteroatoms. The number of hydrogen-bond acceptors (Lipinski definition) is 3. The Labute approximate surface area is 156 Å². The molecule has 1 N–H and O–H groups in total. The van der Waals surface area contributed by atoms with Crippen LogP contribution >= 0.6 is 11.6 Å². The third-order valence-corrected chi connectivity index (χ3v) is 4.59. The zero-order valence-corrected chi connectivity index (χ0v) is 15.6. The molecule has 0 atom stereocenters. The molecular formula is C20H19ClN2O3. The van der Waals surface area contributed by atoms with Crippen molar-refractivity contribution in [3.63, 3.8) is 0 Å². The number of methoxy groups -OCH3 is 1. The van der Waals surface area contributed by atoms with E-state index in [1.54, 1.807) is 24.3 Å². The summed E-state index contributed by atoms with van der Waals surface area (Å²) in [7, 11) is 1.32. The number of nitrogens with zero attached hydrogens (tertiary/aromatic N) is 1. The van der Waals surface area contributed by atoms with Gasteiger partial charge in [-0.15, -0.1) is 0 Å². The highest BCUT2D eigenvalue weighted by Crippen LogP contribution is 2.29. The van der Waals surface area contributed by atoms with Crippen LogP contribution in [0.4, 0.5) is 5.69 Å². The number of anilines is 1. The van der Waals surface area contributed by atoms with E-state index >= 15 is 0 Å². The second-order valence-electron chi connectivity index (χ2n) is 5.91. The second-order valence-corrected chi connectivity index (χ2v) is 6.34. The average Bonchev–Trinajstić information content (AvgIpc) is 2.92. The Morgan fingerprint density at radius 3 is 2.65 bits per heavy atom. The van der Waals surface area contributed by atoms with Gasteiger partial charge in [0.05, 0.1) is 12.7 Å². The molecule has 0 saturated heterocycles. The van der Waals surface area contributed by atoms with Crippen molar-refractivity contribution in [2.45, 2.75) is 20.4 Å². The third-order valence-electron chi connectivity index (χ3n) is 4.35. The molecule has 0 saturated carbocycles. The zero-order valence-electron chi connectivity index (χ0n) is 14.8. The van der Waals surface area contributed by atoms with Crippen LogP contribution in [0.15, 0.2) is 42.5 Å². The first-order chi connectivity index (χ1) is 12.5. The monoisotopic (exact) mass is 370 g/mol. The van der Waals surface area contributed by atoms with Crippen LogP contribution in [0.1, 0.15) is 33.3 Å². The van der Waals surface area contributed by atoms with E-state index in [9.17, 15) is 9.59 Å². The highest BCUT2D eigenvalue weighted by atomic mass is 35.5. The first kappa shape index (κ1) is 18.0. The number of benzene rings is 2. The van der Waals surface area contributed by atoms with Gasteiger partial charge in [0, 0.05) is 28.2 Å². The van der Waals surface area contributed by atoms with E-state index < -0.39 is 5.97 Å². The molecule has 0 aliphatic rings. The molecule has 3 aromatic rings. The van der Waals surface area contributed by atoms with Crippen molar-refractivity contribution < 1.29 is 14.3 Å². The fourth-order valence-corrected chi connectivity index (χ4v) is 3.32. The number of ether oxygens (including phenoxy) is 1. The lowest BCUT2D eigenvalue weighted by Gasteiger charge is -2.10. The van der Waals surface area contributed by atoms with Crippen LogP contribution in [0.5, 0.6) is 0 Å². The van der Waals surface area contributed by atoms with E-state index in [1.807, 2.05) is 36.6 Å². The predicted octanol–water partition coefficient (Wildman–Crippen LogP) is 4.66. The fourth-order valence-electron chi connectivity index (χ4n) is 3.15. The van der Waals surface area contributed by atoms with Gasteiger partial charge in [-0.2, -0.15) is 0 Å². The van der Waals surface area contributed by atoms with Crippen molar-refractivity contribution in [1.82, 2.24) is 4.57 Å². The summed E-state index contributed by atoms with van der Waals surface area (Å²) >= 11 is 6.11. The van der Waals surface area contributed by atoms with Crippen molar-refractivity contribution in [2.75, 3.05) is 12.4 Å². The van der Waals surface area contributed by atoms with E-state index in [0.29, 0.717) is 28.5 Å². The largest absolute Gasteiger partial charge is 0.465 e. The normalized spacial score (nSPS) is 10.8. The maximum absolute atomic E-state index is 12.9. The molecule has 0 bridgehead atoms. The number of carbonyl (C=O) groups excluding carboxylic acids is 2. The van der Waals surface area contributed by atoms with Gasteiger partial charge in [0.1, 0.15) is 5.69 Å². The number of amides is 1. The van der Waals surface area contributed by atoms with Crippen LogP contribution < -0.4 is 5.32 Å². The molecule has 0 aliphatic carbocycles. The zero-order chi connectivity index (χ0) is 18.8. The Balaban J connectivity index is 2.01. The van der Waals surface area contributed by atoms with Crippen LogP contribution in [0, 0.1) is 6.92 Å². The summed E-state index contributed by atoms with van der Waals surface area (Å²) in [6.45, 7) is 4.55. The molecule has 1 amide bonds. The summed E-state index contributed by atoms with van der Waals surface area (Å²) in [6.07, 6.45) is 0. The summed E-state index contributed by atoms with van der Waals surface area (Å²) in [5, 5.41) is 4.45. The molecule has 134 valence electrons. The topological polar surface area (TPSA) is 60.3 Å². The molecule has 0 spiro atoms. The smallest absolute Gasteiger partial charge is 0.337 e. The number of aryl methyl sites for hydroxylation is 2. The molecule has 0 aliphatic heterocycles.